The molecule has 2 N–H and O–H groups in total. The minimum atomic E-state index is -0.566. The fourth-order valence-corrected chi connectivity index (χ4v) is 6.28. The molecule has 3 aromatic rings. The molecule has 2 atom stereocenters. The Bertz CT molecular complexity index is 1770. The van der Waals surface area contributed by atoms with Crippen LogP contribution < -0.4 is 15.4 Å². The molecule has 0 saturated heterocycles. The number of nitrogens with zero attached hydrogens (tertiary/aromatic N) is 3. The molecule has 2 unspecified atom stereocenters. The highest BCUT2D eigenvalue weighted by atomic mass is 16.7. The Kier molecular flexibility index (Phi) is 19.8. The van der Waals surface area contributed by atoms with Crippen LogP contribution in [0, 0.1) is 5.92 Å². The number of benzene rings is 2. The molecule has 57 heavy (non-hydrogen) atoms. The molecule has 0 fully saturated rings. The van der Waals surface area contributed by atoms with Gasteiger partial charge in [0, 0.05) is 16.8 Å². The minimum absolute atomic E-state index is 0.130. The summed E-state index contributed by atoms with van der Waals surface area (Å²) in [6.07, 6.45) is 6.83. The average Bonchev–Trinajstić information content (AvgIpc) is 3.23. The average molecular weight is 788 g/mol. The highest BCUT2D eigenvalue weighted by Gasteiger charge is 2.32. The van der Waals surface area contributed by atoms with Crippen molar-refractivity contribution in [2.45, 2.75) is 78.9 Å². The van der Waals surface area contributed by atoms with Crippen LogP contribution in [0.25, 0.3) is 17.0 Å². The topological polar surface area (TPSA) is 166 Å². The molecule has 0 saturated carbocycles. The zero-order valence-electron chi connectivity index (χ0n) is 34.0. The van der Waals surface area contributed by atoms with Gasteiger partial charge in [0.1, 0.15) is 31.1 Å². The molecule has 3 amide bonds. The third-order valence-electron chi connectivity index (χ3n) is 9.17. The Hall–Kier alpha value is -5.76. The number of carbonyl (C=O) groups excluding carboxylic acids is 5. The van der Waals surface area contributed by atoms with Crippen LogP contribution in [0.4, 0.5) is 0 Å². The SMILES string of the molecule is CC/C=C(/c1ccc(-c2cccc(C(=O)NCNC(=O)C(CCCCC)C(CC)N(C=O)OCc3ccccc3)n2)cc1OCC)N(CC(=O)OC)CC(=O)OC. The molecular formula is C43H57N5O9. The number of hydroxylamine groups is 2. The van der Waals surface area contributed by atoms with Gasteiger partial charge in [-0.05, 0) is 56.0 Å². The second-order valence-electron chi connectivity index (χ2n) is 13.1. The lowest BCUT2D eigenvalue weighted by Crippen LogP contribution is -2.48. The molecule has 1 aromatic heterocycles. The number of pyridine rings is 1. The number of esters is 2. The largest absolute Gasteiger partial charge is 0.493 e. The highest BCUT2D eigenvalue weighted by Crippen LogP contribution is 2.33. The van der Waals surface area contributed by atoms with Crippen LogP contribution in [0.3, 0.4) is 0 Å². The maximum absolute atomic E-state index is 13.6. The first kappa shape index (κ1) is 45.6. The van der Waals surface area contributed by atoms with E-state index in [1.807, 2.05) is 69.3 Å². The number of methoxy groups -OCH3 is 2. The molecule has 308 valence electrons. The molecule has 0 bridgehead atoms. The molecule has 1 heterocycles. The Labute approximate surface area is 335 Å². The summed E-state index contributed by atoms with van der Waals surface area (Å²) in [5, 5.41) is 6.81. The smallest absolute Gasteiger partial charge is 0.325 e. The van der Waals surface area contributed by atoms with Gasteiger partial charge < -0.3 is 29.7 Å². The summed E-state index contributed by atoms with van der Waals surface area (Å²) in [6.45, 7) is 7.75. The van der Waals surface area contributed by atoms with E-state index in [9.17, 15) is 24.0 Å². The predicted molar refractivity (Wildman–Crippen MR) is 216 cm³/mol. The van der Waals surface area contributed by atoms with Gasteiger partial charge in [0.15, 0.2) is 0 Å². The van der Waals surface area contributed by atoms with Crippen molar-refractivity contribution in [3.63, 3.8) is 0 Å². The monoisotopic (exact) mass is 787 g/mol. The molecule has 0 spiro atoms. The van der Waals surface area contributed by atoms with Crippen molar-refractivity contribution in [2.24, 2.45) is 5.92 Å². The number of carbonyl (C=O) groups is 5. The second-order valence-corrected chi connectivity index (χ2v) is 13.1. The van der Waals surface area contributed by atoms with Crippen LogP contribution in [0.1, 0.15) is 87.8 Å². The summed E-state index contributed by atoms with van der Waals surface area (Å²) in [4.78, 5) is 75.9. The Morgan fingerprint density at radius 2 is 1.58 bits per heavy atom. The van der Waals surface area contributed by atoms with Crippen molar-refractivity contribution in [1.82, 2.24) is 25.6 Å². The van der Waals surface area contributed by atoms with Gasteiger partial charge in [-0.1, -0.05) is 88.6 Å². The summed E-state index contributed by atoms with van der Waals surface area (Å²) in [7, 11) is 2.56. The molecule has 0 aliphatic heterocycles. The van der Waals surface area contributed by atoms with Gasteiger partial charge in [0.2, 0.25) is 12.3 Å². The maximum atomic E-state index is 13.6. The van der Waals surface area contributed by atoms with E-state index in [-0.39, 0.29) is 38.0 Å². The van der Waals surface area contributed by atoms with Crippen LogP contribution in [0.2, 0.25) is 0 Å². The normalized spacial score (nSPS) is 12.1. The van der Waals surface area contributed by atoms with Gasteiger partial charge in [-0.2, -0.15) is 0 Å². The second kappa shape index (κ2) is 24.7. The first-order valence-corrected chi connectivity index (χ1v) is 19.4. The number of unbranched alkanes of at least 4 members (excludes halogenated alkanes) is 2. The van der Waals surface area contributed by atoms with Crippen molar-refractivity contribution in [3.05, 3.63) is 89.6 Å². The number of nitrogens with one attached hydrogen (secondary N) is 2. The predicted octanol–water partition coefficient (Wildman–Crippen LogP) is 5.92. The fourth-order valence-electron chi connectivity index (χ4n) is 6.28. The summed E-state index contributed by atoms with van der Waals surface area (Å²) >= 11 is 0. The molecule has 14 heteroatoms. The quantitative estimate of drug-likeness (QED) is 0.0345. The molecule has 2 aromatic carbocycles. The fraction of sp³-hybridized carbons (Fsp3) is 0.442. The van der Waals surface area contributed by atoms with Crippen LogP contribution in [0.5, 0.6) is 5.75 Å². The Morgan fingerprint density at radius 3 is 2.19 bits per heavy atom. The number of hydrogen-bond acceptors (Lipinski definition) is 11. The first-order valence-electron chi connectivity index (χ1n) is 19.4. The van der Waals surface area contributed by atoms with Crippen molar-refractivity contribution in [1.29, 1.82) is 0 Å². The van der Waals surface area contributed by atoms with E-state index in [0.717, 1.165) is 24.8 Å². The van der Waals surface area contributed by atoms with Crippen molar-refractivity contribution < 1.29 is 43.0 Å². The minimum Gasteiger partial charge on any atom is -0.493 e. The zero-order chi connectivity index (χ0) is 41.6. The summed E-state index contributed by atoms with van der Waals surface area (Å²) < 4.78 is 15.8. The lowest BCUT2D eigenvalue weighted by atomic mass is 9.90. The lowest BCUT2D eigenvalue weighted by Gasteiger charge is -2.32. The van der Waals surface area contributed by atoms with Gasteiger partial charge in [0.05, 0.1) is 45.1 Å². The summed E-state index contributed by atoms with van der Waals surface area (Å²) in [6, 6.07) is 19.4. The van der Waals surface area contributed by atoms with Crippen LogP contribution in [-0.2, 0) is 40.1 Å². The van der Waals surface area contributed by atoms with E-state index in [1.54, 1.807) is 29.2 Å². The first-order chi connectivity index (χ1) is 27.6. The number of rotatable bonds is 25. The van der Waals surface area contributed by atoms with E-state index < -0.39 is 29.8 Å². The number of aromatic nitrogens is 1. The number of amides is 3. The van der Waals surface area contributed by atoms with Crippen LogP contribution in [-0.4, -0.2) is 91.7 Å². The maximum Gasteiger partial charge on any atom is 0.325 e. The number of ether oxygens (including phenoxy) is 3. The van der Waals surface area contributed by atoms with Gasteiger partial charge in [-0.15, -0.1) is 0 Å². The lowest BCUT2D eigenvalue weighted by molar-refractivity contribution is -0.200. The van der Waals surface area contributed by atoms with Gasteiger partial charge in [-0.25, -0.2) is 10.0 Å². The summed E-state index contributed by atoms with van der Waals surface area (Å²) in [5.41, 5.74) is 3.40. The third kappa shape index (κ3) is 14.0. The van der Waals surface area contributed by atoms with E-state index in [0.29, 0.717) is 60.5 Å². The van der Waals surface area contributed by atoms with E-state index >= 15 is 0 Å². The highest BCUT2D eigenvalue weighted by molar-refractivity contribution is 5.93. The van der Waals surface area contributed by atoms with Gasteiger partial charge >= 0.3 is 11.9 Å². The zero-order valence-corrected chi connectivity index (χ0v) is 34.0. The van der Waals surface area contributed by atoms with Gasteiger partial charge in [-0.3, -0.25) is 28.8 Å². The molecule has 3 rings (SSSR count). The van der Waals surface area contributed by atoms with E-state index in [4.69, 9.17) is 19.0 Å². The molecule has 0 aliphatic carbocycles. The van der Waals surface area contributed by atoms with Crippen molar-refractivity contribution >= 4 is 35.9 Å². The molecular weight excluding hydrogens is 730 g/mol. The Balaban J connectivity index is 1.78. The van der Waals surface area contributed by atoms with Crippen LogP contribution >= 0.6 is 0 Å². The van der Waals surface area contributed by atoms with Crippen molar-refractivity contribution in [2.75, 3.05) is 40.6 Å². The standard InChI is InChI=1S/C43H57N5O9/c1-7-11-13-20-34(37(9-3)48(30-49)57-28-31-18-14-12-15-19-31)42(52)44-29-45-43(53)36-22-16-21-35(46-36)32-23-24-33(39(25-32)56-10-4)38(17-8-2)47(26-40(50)54-5)27-41(51)55-6/h12,14-19,21-25,30,34,37H,7-11,13,20,26-29H2,1-6H3,(H,44,52)(H,45,53)/b38-17-. The Morgan fingerprint density at radius 1 is 0.860 bits per heavy atom. The molecule has 0 radical (unpaired) electrons. The third-order valence-corrected chi connectivity index (χ3v) is 9.17. The number of allylic oxidation sites excluding steroid dienone is 1. The van der Waals surface area contributed by atoms with Crippen LogP contribution in [0.15, 0.2) is 72.8 Å². The van der Waals surface area contributed by atoms with Crippen molar-refractivity contribution in [3.8, 4) is 17.0 Å². The molecule has 0 aliphatic rings. The summed E-state index contributed by atoms with van der Waals surface area (Å²) in [5.74, 6) is -1.94. The molecule has 14 nitrogen and oxygen atoms in total. The van der Waals surface area contributed by atoms with E-state index in [2.05, 4.69) is 22.5 Å². The van der Waals surface area contributed by atoms with E-state index in [1.165, 1.54) is 19.3 Å². The number of hydrogen-bond donors (Lipinski definition) is 2. The van der Waals surface area contributed by atoms with Gasteiger partial charge in [0.25, 0.3) is 5.91 Å².